The van der Waals surface area contributed by atoms with Crippen molar-refractivity contribution in [2.75, 3.05) is 0 Å². The molecule has 4 aromatic carbocycles. The van der Waals surface area contributed by atoms with E-state index in [1.165, 1.54) is 22.0 Å². The van der Waals surface area contributed by atoms with Crippen LogP contribution in [0.1, 0.15) is 41.3 Å². The summed E-state index contributed by atoms with van der Waals surface area (Å²) in [5.74, 6) is -0.523. The topological polar surface area (TPSA) is 142 Å². The van der Waals surface area contributed by atoms with Crippen LogP contribution in [0, 0.1) is 10.1 Å². The van der Waals surface area contributed by atoms with Gasteiger partial charge in [0.25, 0.3) is 5.09 Å². The van der Waals surface area contributed by atoms with Gasteiger partial charge in [-0.25, -0.2) is 4.79 Å². The third kappa shape index (κ3) is 8.21. The highest BCUT2D eigenvalue weighted by Crippen LogP contribution is 3.03. The van der Waals surface area contributed by atoms with Crippen molar-refractivity contribution < 1.29 is 38.7 Å². The molecule has 238 valence electrons. The fourth-order valence-electron chi connectivity index (χ4n) is 4.52. The van der Waals surface area contributed by atoms with Gasteiger partial charge in [-0.15, -0.1) is 10.1 Å². The van der Waals surface area contributed by atoms with E-state index in [4.69, 9.17) is 21.3 Å². The lowest BCUT2D eigenvalue weighted by Gasteiger charge is -2.37. The number of hydrogen-bond acceptors (Lipinski definition) is 12. The molecule has 10 nitrogen and oxygen atoms in total. The van der Waals surface area contributed by atoms with E-state index in [2.05, 4.69) is 4.84 Å². The summed E-state index contributed by atoms with van der Waals surface area (Å²) in [6.07, 6.45) is -0.571. The summed E-state index contributed by atoms with van der Waals surface area (Å²) >= 11 is 8.44. The van der Waals surface area contributed by atoms with Crippen molar-refractivity contribution in [2.24, 2.45) is 0 Å². The molecule has 1 atom stereocenters. The average Bonchev–Trinajstić information content (AvgIpc) is 3.00. The Kier molecular flexibility index (Phi) is 10.6. The van der Waals surface area contributed by atoms with E-state index in [1.807, 2.05) is 6.07 Å². The lowest BCUT2D eigenvalue weighted by Crippen LogP contribution is -2.22. The van der Waals surface area contributed by atoms with Crippen molar-refractivity contribution in [3.8, 4) is 17.2 Å². The molecule has 1 N–H and O–H groups in total. The summed E-state index contributed by atoms with van der Waals surface area (Å²) in [6.45, 7) is 1.67. The third-order valence-electron chi connectivity index (χ3n) is 6.81. The van der Waals surface area contributed by atoms with E-state index in [0.29, 0.717) is 28.6 Å². The van der Waals surface area contributed by atoms with Crippen molar-refractivity contribution >= 4 is 66.3 Å². The Labute approximate surface area is 277 Å². The Bertz CT molecular complexity index is 1860. The number of hydrogen-bond donors (Lipinski definition) is 1. The Balaban J connectivity index is 1.21. The van der Waals surface area contributed by atoms with Gasteiger partial charge < -0.3 is 19.4 Å². The number of rotatable bonds is 12. The lowest BCUT2D eigenvalue weighted by molar-refractivity contribution is -0.768. The van der Waals surface area contributed by atoms with E-state index in [9.17, 15) is 29.4 Å². The van der Waals surface area contributed by atoms with Crippen molar-refractivity contribution in [2.45, 2.75) is 32.3 Å². The van der Waals surface area contributed by atoms with Gasteiger partial charge in [0.15, 0.2) is 0 Å². The molecule has 1 aliphatic heterocycles. The summed E-state index contributed by atoms with van der Waals surface area (Å²) < 4.78 is 22.5. The maximum Gasteiger partial charge on any atom is 0.343 e. The molecule has 1 saturated heterocycles. The summed E-state index contributed by atoms with van der Waals surface area (Å²) in [6, 6.07) is 27.1. The van der Waals surface area contributed by atoms with Crippen LogP contribution in [0.2, 0.25) is 0 Å². The molecule has 0 aromatic heterocycles. The zero-order chi connectivity index (χ0) is 32.9. The third-order valence-corrected chi connectivity index (χ3v) is 33.8. The number of aromatic hydroxyl groups is 1. The summed E-state index contributed by atoms with van der Waals surface area (Å²) in [5.41, 5.74) is -1.02. The predicted molar refractivity (Wildman–Crippen MR) is 184 cm³/mol. The normalized spacial score (nSPS) is 19.3. The van der Waals surface area contributed by atoms with Gasteiger partial charge in [0, 0.05) is 10.6 Å². The van der Waals surface area contributed by atoms with E-state index < -0.39 is 33.1 Å². The summed E-state index contributed by atoms with van der Waals surface area (Å²) in [5, 5.41) is 20.8. The van der Waals surface area contributed by atoms with E-state index >= 15 is 0 Å². The molecule has 1 unspecified atom stereocenters. The lowest BCUT2D eigenvalue weighted by atomic mass is 9.99. The largest absolute Gasteiger partial charge is 0.508 e. The molecule has 4 aromatic rings. The first-order chi connectivity index (χ1) is 22.0. The molecule has 0 bridgehead atoms. The minimum atomic E-state index is -2.82. The molecule has 1 heterocycles. The van der Waals surface area contributed by atoms with Gasteiger partial charge >= 0.3 is 11.9 Å². The molecule has 46 heavy (non-hydrogen) atoms. The van der Waals surface area contributed by atoms with Crippen LogP contribution in [0.15, 0.2) is 97.1 Å². The predicted octanol–water partition coefficient (Wildman–Crippen LogP) is 7.42. The van der Waals surface area contributed by atoms with Crippen molar-refractivity contribution in [1.82, 2.24) is 0 Å². The van der Waals surface area contributed by atoms with Gasteiger partial charge in [-0.05, 0) is 113 Å². The van der Waals surface area contributed by atoms with Crippen LogP contribution < -0.4 is 20.1 Å². The van der Waals surface area contributed by atoms with Crippen LogP contribution >= 0.6 is 32.0 Å². The fraction of sp³-hybridized carbons (Fsp3) is 0.161. The standard InChI is InChI=1S/C31H27NO9P2S3/c1-2-24(41-32(36)37)20-30(34)39-26-8-5-6-21(19-26)18-22-7-3-4-9-29(22)31(35)40-25-12-16-27(17-13-25)42(38)45-43(44,46-42)28-14-10-23(33)11-15-28/h3-17,19,24,33H,2,18,20H2,1H3. The van der Waals surface area contributed by atoms with Gasteiger partial charge in [-0.3, -0.25) is 9.36 Å². The molecule has 0 amide bonds. The molecule has 1 fully saturated rings. The summed E-state index contributed by atoms with van der Waals surface area (Å²) in [7, 11) is 0. The van der Waals surface area contributed by atoms with Crippen LogP contribution in [0.3, 0.4) is 0 Å². The number of phenols is 1. The summed E-state index contributed by atoms with van der Waals surface area (Å²) in [4.78, 5) is 40.7. The minimum absolute atomic E-state index is 0.149. The molecular formula is C31H27NO9P2S3. The van der Waals surface area contributed by atoms with Gasteiger partial charge in [0.05, 0.1) is 12.0 Å². The van der Waals surface area contributed by atoms with Crippen LogP contribution in [0.5, 0.6) is 17.2 Å². The molecule has 0 spiro atoms. The Morgan fingerprint density at radius 2 is 1.59 bits per heavy atom. The molecule has 15 heteroatoms. The Morgan fingerprint density at radius 3 is 2.26 bits per heavy atom. The highest BCUT2D eigenvalue weighted by molar-refractivity contribution is 9.44. The van der Waals surface area contributed by atoms with Gasteiger partial charge in [0.2, 0.25) is 5.55 Å². The molecule has 0 aliphatic carbocycles. The number of carbonyl (C=O) groups excluding carboxylic acids is 2. The van der Waals surface area contributed by atoms with Gasteiger partial charge in [-0.1, -0.05) is 49.1 Å². The van der Waals surface area contributed by atoms with Crippen molar-refractivity contribution in [1.29, 1.82) is 0 Å². The second-order valence-corrected chi connectivity index (χ2v) is 28.1. The van der Waals surface area contributed by atoms with Crippen LogP contribution in [-0.2, 0) is 32.4 Å². The maximum atomic E-state index is 13.6. The number of benzene rings is 4. The number of phenolic OH excluding ortho intramolecular Hbond substituents is 1. The zero-order valence-electron chi connectivity index (χ0n) is 24.2. The van der Waals surface area contributed by atoms with E-state index in [1.54, 1.807) is 97.9 Å². The van der Waals surface area contributed by atoms with E-state index in [0.717, 1.165) is 10.9 Å². The van der Waals surface area contributed by atoms with Gasteiger partial charge in [0.1, 0.15) is 27.8 Å². The fourth-order valence-corrected chi connectivity index (χ4v) is 35.8. The number of esters is 2. The molecular weight excluding hydrogens is 688 g/mol. The van der Waals surface area contributed by atoms with Crippen molar-refractivity contribution in [3.05, 3.63) is 124 Å². The van der Waals surface area contributed by atoms with Gasteiger partial charge in [-0.2, -0.15) is 0 Å². The Hall–Kier alpha value is -3.60. The van der Waals surface area contributed by atoms with Crippen LogP contribution in [-0.4, -0.2) is 28.2 Å². The number of carbonyl (C=O) groups is 2. The highest BCUT2D eigenvalue weighted by Gasteiger charge is 2.49. The van der Waals surface area contributed by atoms with Crippen LogP contribution in [0.25, 0.3) is 0 Å². The zero-order valence-corrected chi connectivity index (χ0v) is 28.5. The first-order valence-corrected chi connectivity index (χ1v) is 22.5. The average molecular weight is 716 g/mol. The monoisotopic (exact) mass is 715 g/mol. The maximum absolute atomic E-state index is 13.6. The first-order valence-electron chi connectivity index (χ1n) is 13.9. The molecule has 1 aliphatic rings. The van der Waals surface area contributed by atoms with Crippen molar-refractivity contribution in [3.63, 3.8) is 0 Å². The first kappa shape index (κ1) is 33.8. The molecule has 0 saturated carbocycles. The molecule has 0 radical (unpaired) electrons. The Morgan fingerprint density at radius 1 is 0.913 bits per heavy atom. The quantitative estimate of drug-likeness (QED) is 0.0513. The van der Waals surface area contributed by atoms with E-state index in [-0.39, 0.29) is 24.3 Å². The smallest absolute Gasteiger partial charge is 0.343 e. The SMILES string of the molecule is CCC(CC(=O)Oc1cccc(Cc2ccccc2C(=O)Oc2ccc(P3(=O)SP(=S)(c4ccc(O)cc4)S3)cc2)c1)O[N+](=O)[O-]. The number of ether oxygens (including phenoxy) is 2. The second kappa shape index (κ2) is 14.4. The van der Waals surface area contributed by atoms with Crippen LogP contribution in [0.4, 0.5) is 0 Å². The minimum Gasteiger partial charge on any atom is -0.508 e. The second-order valence-electron chi connectivity index (χ2n) is 10.1. The number of nitrogens with zero attached hydrogens (tertiary/aromatic N) is 1. The highest BCUT2D eigenvalue weighted by atomic mass is 33.7. The molecule has 5 rings (SSSR count).